The highest BCUT2D eigenvalue weighted by Gasteiger charge is 2.40. The van der Waals surface area contributed by atoms with Crippen LogP contribution in [0, 0.1) is 5.92 Å². The molecule has 2 N–H and O–H groups in total. The summed E-state index contributed by atoms with van der Waals surface area (Å²) in [4.78, 5) is 39.6. The molecule has 10 heteroatoms. The lowest BCUT2D eigenvalue weighted by Crippen LogP contribution is -2.46. The number of amides is 3. The fourth-order valence-electron chi connectivity index (χ4n) is 3.57. The second-order valence-electron chi connectivity index (χ2n) is 7.77. The molecule has 0 bridgehead atoms. The highest BCUT2D eigenvalue weighted by Crippen LogP contribution is 2.39. The maximum absolute atomic E-state index is 13.2. The van der Waals surface area contributed by atoms with Gasteiger partial charge in [0, 0.05) is 25.6 Å². The van der Waals surface area contributed by atoms with Crippen molar-refractivity contribution in [2.75, 3.05) is 18.5 Å². The smallest absolute Gasteiger partial charge is 0.309 e. The average Bonchev–Trinajstić information content (AvgIpc) is 2.88. The fourth-order valence-corrected chi connectivity index (χ4v) is 3.57. The molecule has 0 aromatic heterocycles. The molecule has 2 unspecified atom stereocenters. The molecule has 2 atom stereocenters. The van der Waals surface area contributed by atoms with Crippen LogP contribution < -0.4 is 15.5 Å². The summed E-state index contributed by atoms with van der Waals surface area (Å²) in [5.41, 5.74) is 2.73. The molecular formula is C23H23F4N3O3. The third kappa shape index (κ3) is 4.99. The lowest BCUT2D eigenvalue weighted by atomic mass is 9.95. The van der Waals surface area contributed by atoms with Crippen molar-refractivity contribution < 1.29 is 31.9 Å². The Bertz CT molecular complexity index is 1060. The van der Waals surface area contributed by atoms with Crippen LogP contribution in [0.2, 0.25) is 0 Å². The van der Waals surface area contributed by atoms with E-state index in [1.165, 1.54) is 11.8 Å². The second kappa shape index (κ2) is 9.60. The van der Waals surface area contributed by atoms with E-state index in [2.05, 4.69) is 10.6 Å². The maximum Gasteiger partial charge on any atom is 0.309 e. The number of fused-ring (bicyclic) bond motifs is 3. The Labute approximate surface area is 188 Å². The van der Waals surface area contributed by atoms with Crippen LogP contribution in [-0.2, 0) is 14.4 Å². The van der Waals surface area contributed by atoms with Crippen LogP contribution in [0.1, 0.15) is 24.9 Å². The van der Waals surface area contributed by atoms with E-state index in [0.29, 0.717) is 11.3 Å². The molecule has 0 fully saturated rings. The van der Waals surface area contributed by atoms with Crippen LogP contribution >= 0.6 is 0 Å². The third-order valence-corrected chi connectivity index (χ3v) is 5.55. The average molecular weight is 465 g/mol. The normalized spacial score (nSPS) is 16.5. The van der Waals surface area contributed by atoms with E-state index in [9.17, 15) is 31.9 Å². The first-order chi connectivity index (χ1) is 15.5. The lowest BCUT2D eigenvalue weighted by Gasteiger charge is -2.24. The minimum atomic E-state index is -4.24. The number of hydrogen-bond donors (Lipinski definition) is 2. The van der Waals surface area contributed by atoms with Gasteiger partial charge >= 0.3 is 12.3 Å². The van der Waals surface area contributed by atoms with Gasteiger partial charge in [0.15, 0.2) is 0 Å². The molecule has 1 aliphatic heterocycles. The highest BCUT2D eigenvalue weighted by molar-refractivity contribution is 6.07. The van der Waals surface area contributed by atoms with Gasteiger partial charge < -0.3 is 15.5 Å². The van der Waals surface area contributed by atoms with Crippen LogP contribution in [0.15, 0.2) is 48.5 Å². The monoisotopic (exact) mass is 465 g/mol. The first-order valence-electron chi connectivity index (χ1n) is 10.2. The van der Waals surface area contributed by atoms with E-state index in [0.717, 1.165) is 11.1 Å². The Balaban J connectivity index is 1.76. The standard InChI is InChI=1S/C23H23F4N3O3/c1-13(19(31)28-12-11-23(26,27)22(24)25)20(32)29-18-16-9-4-3-7-14(16)15-8-5-6-10-17(15)30(2)21(18)33/h3-10,13,18,22H,11-12H2,1-2H3,(H,28,31)(H,29,32). The van der Waals surface area contributed by atoms with Crippen LogP contribution in [0.5, 0.6) is 0 Å². The summed E-state index contributed by atoms with van der Waals surface area (Å²) in [7, 11) is 1.57. The molecule has 0 spiro atoms. The van der Waals surface area contributed by atoms with Crippen molar-refractivity contribution in [1.82, 2.24) is 10.6 Å². The number of hydrogen-bond acceptors (Lipinski definition) is 3. The van der Waals surface area contributed by atoms with Gasteiger partial charge in [0.1, 0.15) is 12.0 Å². The molecule has 3 amide bonds. The van der Waals surface area contributed by atoms with Crippen LogP contribution in [-0.4, -0.2) is 43.7 Å². The molecule has 2 aromatic carbocycles. The van der Waals surface area contributed by atoms with Crippen molar-refractivity contribution in [2.24, 2.45) is 5.92 Å². The number of benzene rings is 2. The van der Waals surface area contributed by atoms with Crippen LogP contribution in [0.4, 0.5) is 23.2 Å². The first kappa shape index (κ1) is 24.2. The Hall–Kier alpha value is -3.43. The van der Waals surface area contributed by atoms with Crippen molar-refractivity contribution >= 4 is 23.4 Å². The fraction of sp³-hybridized carbons (Fsp3) is 0.348. The summed E-state index contributed by atoms with van der Waals surface area (Å²) in [6, 6.07) is 13.2. The summed E-state index contributed by atoms with van der Waals surface area (Å²) in [6.45, 7) is 0.512. The molecule has 0 radical (unpaired) electrons. The van der Waals surface area contributed by atoms with E-state index < -0.39 is 55.0 Å². The molecule has 0 saturated heterocycles. The summed E-state index contributed by atoms with van der Waals surface area (Å²) in [5.74, 6) is -7.73. The van der Waals surface area contributed by atoms with E-state index >= 15 is 0 Å². The number of nitrogens with zero attached hydrogens (tertiary/aromatic N) is 1. The molecule has 6 nitrogen and oxygen atoms in total. The van der Waals surface area contributed by atoms with Gasteiger partial charge in [-0.15, -0.1) is 0 Å². The topological polar surface area (TPSA) is 78.5 Å². The van der Waals surface area contributed by atoms with E-state index in [4.69, 9.17) is 0 Å². The Morgan fingerprint density at radius 2 is 1.64 bits per heavy atom. The number of rotatable bonds is 7. The van der Waals surface area contributed by atoms with Crippen molar-refractivity contribution in [3.8, 4) is 11.1 Å². The largest absolute Gasteiger partial charge is 0.355 e. The molecule has 0 saturated carbocycles. The second-order valence-corrected chi connectivity index (χ2v) is 7.77. The third-order valence-electron chi connectivity index (χ3n) is 5.55. The van der Waals surface area contributed by atoms with E-state index in [1.54, 1.807) is 37.4 Å². The Morgan fingerprint density at radius 3 is 2.30 bits per heavy atom. The summed E-state index contributed by atoms with van der Waals surface area (Å²) >= 11 is 0. The molecule has 3 rings (SSSR count). The first-order valence-corrected chi connectivity index (χ1v) is 10.2. The number of nitrogens with one attached hydrogen (secondary N) is 2. The zero-order valence-electron chi connectivity index (χ0n) is 17.9. The van der Waals surface area contributed by atoms with Crippen LogP contribution in [0.3, 0.4) is 0 Å². The number of likely N-dealkylation sites (N-methyl/N-ethyl adjacent to an activating group) is 1. The lowest BCUT2D eigenvalue weighted by molar-refractivity contribution is -0.139. The Kier molecular flexibility index (Phi) is 7.04. The van der Waals surface area contributed by atoms with Gasteiger partial charge in [-0.1, -0.05) is 42.5 Å². The predicted molar refractivity (Wildman–Crippen MR) is 114 cm³/mol. The summed E-state index contributed by atoms with van der Waals surface area (Å²) in [6.07, 6.45) is -5.11. The number of anilines is 1. The van der Waals surface area contributed by atoms with Gasteiger partial charge in [-0.05, 0) is 24.1 Å². The Morgan fingerprint density at radius 1 is 1.03 bits per heavy atom. The van der Waals surface area contributed by atoms with Gasteiger partial charge in [0.25, 0.3) is 5.91 Å². The number of carbonyl (C=O) groups excluding carboxylic acids is 3. The zero-order valence-corrected chi connectivity index (χ0v) is 17.9. The summed E-state index contributed by atoms with van der Waals surface area (Å²) in [5, 5.41) is 4.65. The summed E-state index contributed by atoms with van der Waals surface area (Å²) < 4.78 is 50.5. The van der Waals surface area contributed by atoms with E-state index in [-0.39, 0.29) is 0 Å². The minimum absolute atomic E-state index is 0.426. The minimum Gasteiger partial charge on any atom is -0.355 e. The van der Waals surface area contributed by atoms with Gasteiger partial charge in [0.2, 0.25) is 11.8 Å². The SMILES string of the molecule is CC(C(=O)NCCC(F)(F)C(F)F)C(=O)NC1C(=O)N(C)c2ccccc2-c2ccccc21. The van der Waals surface area contributed by atoms with Gasteiger partial charge in [-0.3, -0.25) is 14.4 Å². The molecule has 2 aromatic rings. The van der Waals surface area contributed by atoms with Crippen molar-refractivity contribution in [1.29, 1.82) is 0 Å². The maximum atomic E-state index is 13.2. The molecule has 0 aliphatic carbocycles. The molecule has 1 aliphatic rings. The molecule has 1 heterocycles. The van der Waals surface area contributed by atoms with Crippen molar-refractivity contribution in [3.63, 3.8) is 0 Å². The van der Waals surface area contributed by atoms with Crippen molar-refractivity contribution in [2.45, 2.75) is 31.7 Å². The molecule has 176 valence electrons. The number of alkyl halides is 4. The zero-order chi connectivity index (χ0) is 24.3. The van der Waals surface area contributed by atoms with Gasteiger partial charge in [0.05, 0.1) is 5.69 Å². The highest BCUT2D eigenvalue weighted by atomic mass is 19.3. The molecule has 33 heavy (non-hydrogen) atoms. The van der Waals surface area contributed by atoms with E-state index in [1.807, 2.05) is 18.2 Å². The predicted octanol–water partition coefficient (Wildman–Crippen LogP) is 3.53. The van der Waals surface area contributed by atoms with Gasteiger partial charge in [-0.2, -0.15) is 0 Å². The number of halogens is 4. The number of carbonyl (C=O) groups is 3. The number of para-hydroxylation sites is 1. The van der Waals surface area contributed by atoms with Crippen LogP contribution in [0.25, 0.3) is 11.1 Å². The molecular weight excluding hydrogens is 442 g/mol. The van der Waals surface area contributed by atoms with Crippen molar-refractivity contribution in [3.05, 3.63) is 54.1 Å². The quantitative estimate of drug-likeness (QED) is 0.485. The van der Waals surface area contributed by atoms with Gasteiger partial charge in [-0.25, -0.2) is 17.6 Å².